The van der Waals surface area contributed by atoms with E-state index in [0.717, 1.165) is 22.3 Å². The van der Waals surface area contributed by atoms with Gasteiger partial charge < -0.3 is 14.8 Å². The number of aliphatic hydroxyl groups excluding tert-OH is 1. The summed E-state index contributed by atoms with van der Waals surface area (Å²) in [6, 6.07) is 16.8. The molecule has 0 saturated heterocycles. The Morgan fingerprint density at radius 1 is 1.21 bits per heavy atom. The molecule has 0 saturated carbocycles. The predicted octanol–water partition coefficient (Wildman–Crippen LogP) is 4.08. The molecule has 0 aliphatic rings. The van der Waals surface area contributed by atoms with Crippen LogP contribution < -0.4 is 4.74 Å². The SMILES string of the molecule is COc1ccc(C=CC(O)=C(C#N)c2nc3ccccc3[nH]2)cc1. The van der Waals surface area contributed by atoms with Crippen LogP contribution in [0, 0.1) is 11.3 Å². The number of aromatic nitrogens is 2. The molecule has 0 fully saturated rings. The van der Waals surface area contributed by atoms with Crippen molar-refractivity contribution in [2.75, 3.05) is 7.11 Å². The number of methoxy groups -OCH3 is 1. The van der Waals surface area contributed by atoms with Crippen LogP contribution in [0.2, 0.25) is 0 Å². The van der Waals surface area contributed by atoms with E-state index in [1.54, 1.807) is 13.2 Å². The van der Waals surface area contributed by atoms with E-state index in [4.69, 9.17) is 4.74 Å². The van der Waals surface area contributed by atoms with Crippen LogP contribution in [0.25, 0.3) is 22.7 Å². The number of hydrogen-bond acceptors (Lipinski definition) is 4. The molecule has 0 aliphatic heterocycles. The number of hydrogen-bond donors (Lipinski definition) is 2. The molecule has 0 unspecified atom stereocenters. The van der Waals surface area contributed by atoms with Crippen molar-refractivity contribution in [1.29, 1.82) is 5.26 Å². The van der Waals surface area contributed by atoms with Gasteiger partial charge in [0.05, 0.1) is 18.1 Å². The van der Waals surface area contributed by atoms with Crippen LogP contribution in [0.5, 0.6) is 5.75 Å². The van der Waals surface area contributed by atoms with Crippen molar-refractivity contribution in [1.82, 2.24) is 9.97 Å². The number of benzene rings is 2. The summed E-state index contributed by atoms with van der Waals surface area (Å²) < 4.78 is 5.10. The zero-order valence-corrected chi connectivity index (χ0v) is 13.0. The summed E-state index contributed by atoms with van der Waals surface area (Å²) in [4.78, 5) is 7.38. The van der Waals surface area contributed by atoms with Crippen LogP contribution >= 0.6 is 0 Å². The lowest BCUT2D eigenvalue weighted by atomic mass is 10.1. The topological polar surface area (TPSA) is 81.9 Å². The molecule has 2 N–H and O–H groups in total. The molecule has 0 atom stereocenters. The Bertz CT molecular complexity index is 927. The maximum atomic E-state index is 10.2. The molecule has 5 nitrogen and oxygen atoms in total. The van der Waals surface area contributed by atoms with Gasteiger partial charge in [-0.25, -0.2) is 4.98 Å². The van der Waals surface area contributed by atoms with Gasteiger partial charge in [-0.3, -0.25) is 0 Å². The van der Waals surface area contributed by atoms with Crippen molar-refractivity contribution in [2.45, 2.75) is 0 Å². The Balaban J connectivity index is 1.91. The minimum atomic E-state index is -0.146. The van der Waals surface area contributed by atoms with Gasteiger partial charge in [0, 0.05) is 0 Å². The van der Waals surface area contributed by atoms with Gasteiger partial charge in [-0.1, -0.05) is 30.3 Å². The molecule has 1 heterocycles. The van der Waals surface area contributed by atoms with Gasteiger partial charge >= 0.3 is 0 Å². The number of imidazole rings is 1. The highest BCUT2D eigenvalue weighted by atomic mass is 16.5. The predicted molar refractivity (Wildman–Crippen MR) is 93.3 cm³/mol. The Kier molecular flexibility index (Phi) is 4.30. The zero-order chi connectivity index (χ0) is 16.9. The number of nitriles is 1. The lowest BCUT2D eigenvalue weighted by Gasteiger charge is -1.99. The van der Waals surface area contributed by atoms with Crippen molar-refractivity contribution in [3.63, 3.8) is 0 Å². The minimum absolute atomic E-state index is 0.0935. The zero-order valence-electron chi connectivity index (χ0n) is 13.0. The van der Waals surface area contributed by atoms with E-state index in [-0.39, 0.29) is 11.3 Å². The van der Waals surface area contributed by atoms with Crippen molar-refractivity contribution >= 4 is 22.7 Å². The summed E-state index contributed by atoms with van der Waals surface area (Å²) in [6.45, 7) is 0. The summed E-state index contributed by atoms with van der Waals surface area (Å²) >= 11 is 0. The molecule has 5 heteroatoms. The van der Waals surface area contributed by atoms with Gasteiger partial charge in [-0.2, -0.15) is 5.26 Å². The maximum absolute atomic E-state index is 10.2. The van der Waals surface area contributed by atoms with Gasteiger partial charge in [-0.05, 0) is 35.9 Å². The second-order valence-electron chi connectivity index (χ2n) is 5.08. The van der Waals surface area contributed by atoms with E-state index < -0.39 is 0 Å². The maximum Gasteiger partial charge on any atom is 0.152 e. The standard InChI is InChI=1S/C19H15N3O2/c1-24-14-9-6-13(7-10-14)8-11-18(23)15(12-20)19-21-16-4-2-3-5-17(16)22-19/h2-11,23H,1H3,(H,21,22). The highest BCUT2D eigenvalue weighted by Gasteiger charge is 2.11. The first-order valence-electron chi connectivity index (χ1n) is 7.32. The number of aromatic amines is 1. The Labute approximate surface area is 139 Å². The highest BCUT2D eigenvalue weighted by molar-refractivity contribution is 5.83. The van der Waals surface area contributed by atoms with E-state index in [1.165, 1.54) is 6.08 Å². The minimum Gasteiger partial charge on any atom is -0.506 e. The molecule has 0 amide bonds. The molecule has 1 aromatic heterocycles. The lowest BCUT2D eigenvalue weighted by molar-refractivity contribution is 0.415. The summed E-state index contributed by atoms with van der Waals surface area (Å²) in [5.74, 6) is 0.954. The molecule has 0 aliphatic carbocycles. The van der Waals surface area contributed by atoms with Crippen molar-refractivity contribution in [3.8, 4) is 11.8 Å². The highest BCUT2D eigenvalue weighted by Crippen LogP contribution is 2.20. The van der Waals surface area contributed by atoms with Crippen LogP contribution in [0.3, 0.4) is 0 Å². The summed E-state index contributed by atoms with van der Waals surface area (Å²) in [6.07, 6.45) is 3.20. The fourth-order valence-corrected chi connectivity index (χ4v) is 2.28. The van der Waals surface area contributed by atoms with Gasteiger partial charge in [0.25, 0.3) is 0 Å². The smallest absolute Gasteiger partial charge is 0.152 e. The van der Waals surface area contributed by atoms with E-state index in [0.29, 0.717) is 5.82 Å². The molecule has 0 spiro atoms. The van der Waals surface area contributed by atoms with Crippen LogP contribution in [0.4, 0.5) is 0 Å². The second kappa shape index (κ2) is 6.71. The van der Waals surface area contributed by atoms with Gasteiger partial charge in [-0.15, -0.1) is 0 Å². The Hall–Kier alpha value is -3.52. The molecule has 0 bridgehead atoms. The summed E-state index contributed by atoms with van der Waals surface area (Å²) in [5.41, 5.74) is 2.53. The molecule has 0 radical (unpaired) electrons. The average molecular weight is 317 g/mol. The number of fused-ring (bicyclic) bond motifs is 1. The second-order valence-corrected chi connectivity index (χ2v) is 5.08. The first-order valence-corrected chi connectivity index (χ1v) is 7.32. The largest absolute Gasteiger partial charge is 0.506 e. The number of H-pyrrole nitrogens is 1. The number of para-hydroxylation sites is 2. The van der Waals surface area contributed by atoms with E-state index in [1.807, 2.05) is 54.6 Å². The molecule has 3 aromatic rings. The quantitative estimate of drug-likeness (QED) is 0.431. The van der Waals surface area contributed by atoms with Gasteiger partial charge in [0.15, 0.2) is 5.82 Å². The number of nitrogens with zero attached hydrogens (tertiary/aromatic N) is 2. The fraction of sp³-hybridized carbons (Fsp3) is 0.0526. The monoisotopic (exact) mass is 317 g/mol. The first kappa shape index (κ1) is 15.4. The third kappa shape index (κ3) is 3.13. The van der Waals surface area contributed by atoms with Crippen LogP contribution in [-0.2, 0) is 0 Å². The molecular formula is C19H15N3O2. The lowest BCUT2D eigenvalue weighted by Crippen LogP contribution is -1.90. The Morgan fingerprint density at radius 3 is 2.62 bits per heavy atom. The number of aliphatic hydroxyl groups is 1. The first-order chi connectivity index (χ1) is 11.7. The van der Waals surface area contributed by atoms with Crippen LogP contribution in [0.1, 0.15) is 11.4 Å². The summed E-state index contributed by atoms with van der Waals surface area (Å²) in [5, 5.41) is 19.6. The third-order valence-electron chi connectivity index (χ3n) is 3.54. The van der Waals surface area contributed by atoms with Crippen molar-refractivity contribution in [3.05, 3.63) is 71.8 Å². The molecule has 2 aromatic carbocycles. The molecule has 24 heavy (non-hydrogen) atoms. The number of ether oxygens (including phenoxy) is 1. The normalized spacial score (nSPS) is 12.2. The van der Waals surface area contributed by atoms with E-state index >= 15 is 0 Å². The molecular weight excluding hydrogens is 302 g/mol. The van der Waals surface area contributed by atoms with Gasteiger partial charge in [0.2, 0.25) is 0 Å². The molecule has 118 valence electrons. The van der Waals surface area contributed by atoms with Crippen LogP contribution in [0.15, 0.2) is 60.4 Å². The average Bonchev–Trinajstić information content (AvgIpc) is 3.04. The van der Waals surface area contributed by atoms with E-state index in [9.17, 15) is 10.4 Å². The Morgan fingerprint density at radius 2 is 1.96 bits per heavy atom. The third-order valence-corrected chi connectivity index (χ3v) is 3.54. The number of allylic oxidation sites excluding steroid dienone is 2. The molecule has 3 rings (SSSR count). The number of nitrogens with one attached hydrogen (secondary N) is 1. The van der Waals surface area contributed by atoms with Gasteiger partial charge in [0.1, 0.15) is 23.2 Å². The number of rotatable bonds is 4. The van der Waals surface area contributed by atoms with Crippen LogP contribution in [-0.4, -0.2) is 22.2 Å². The van der Waals surface area contributed by atoms with E-state index in [2.05, 4.69) is 9.97 Å². The fourth-order valence-electron chi connectivity index (χ4n) is 2.28. The van der Waals surface area contributed by atoms with Crippen molar-refractivity contribution in [2.24, 2.45) is 0 Å². The summed E-state index contributed by atoms with van der Waals surface area (Å²) in [7, 11) is 1.60. The van der Waals surface area contributed by atoms with Crippen molar-refractivity contribution < 1.29 is 9.84 Å².